The average Bonchev–Trinajstić information content (AvgIpc) is 3.23. The van der Waals surface area contributed by atoms with Crippen LogP contribution >= 0.6 is 0 Å². The highest BCUT2D eigenvalue weighted by Crippen LogP contribution is 2.47. The number of carbonyl (C=O) groups is 2. The highest BCUT2D eigenvalue weighted by Gasteiger charge is 2.60. The molecular weight excluding hydrogens is 457 g/mol. The molecule has 2 unspecified atom stereocenters. The first kappa shape index (κ1) is 23.3. The van der Waals surface area contributed by atoms with Crippen molar-refractivity contribution in [3.8, 4) is 0 Å². The quantitative estimate of drug-likeness (QED) is 0.310. The summed E-state index contributed by atoms with van der Waals surface area (Å²) in [5.41, 5.74) is 1.19. The third-order valence-electron chi connectivity index (χ3n) is 6.31. The monoisotopic (exact) mass is 481 g/mol. The molecule has 0 saturated carbocycles. The van der Waals surface area contributed by atoms with E-state index in [1.807, 2.05) is 54.6 Å². The Balaban J connectivity index is 1.61. The van der Waals surface area contributed by atoms with Crippen LogP contribution in [-0.4, -0.2) is 17.0 Å². The molecule has 1 heterocycles. The van der Waals surface area contributed by atoms with Gasteiger partial charge in [-0.15, -0.1) is 0 Å². The van der Waals surface area contributed by atoms with E-state index in [1.165, 1.54) is 17.0 Å². The van der Waals surface area contributed by atoms with E-state index >= 15 is 0 Å². The first-order chi connectivity index (χ1) is 17.6. The van der Waals surface area contributed by atoms with Crippen molar-refractivity contribution in [3.05, 3.63) is 143 Å². The summed E-state index contributed by atoms with van der Waals surface area (Å²) in [5, 5.41) is 0. The van der Waals surface area contributed by atoms with Crippen molar-refractivity contribution in [2.75, 3.05) is 0 Å². The molecule has 1 aliphatic rings. The van der Waals surface area contributed by atoms with Crippen LogP contribution in [0.4, 0.5) is 9.18 Å². The van der Waals surface area contributed by atoms with E-state index in [-0.39, 0.29) is 18.8 Å². The Hall–Kier alpha value is -4.45. The number of benzene rings is 4. The van der Waals surface area contributed by atoms with Crippen molar-refractivity contribution < 1.29 is 23.5 Å². The zero-order valence-corrected chi connectivity index (χ0v) is 19.4. The smallest absolute Gasteiger partial charge is 0.414 e. The maximum atomic E-state index is 13.8. The normalized spacial score (nSPS) is 19.1. The van der Waals surface area contributed by atoms with E-state index in [0.29, 0.717) is 16.7 Å². The van der Waals surface area contributed by atoms with Gasteiger partial charge in [0.25, 0.3) is 0 Å². The molecule has 0 spiro atoms. The Morgan fingerprint density at radius 1 is 0.806 bits per heavy atom. The molecule has 0 aromatic heterocycles. The van der Waals surface area contributed by atoms with Gasteiger partial charge in [-0.1, -0.05) is 103 Å². The molecule has 1 saturated heterocycles. The zero-order chi connectivity index (χ0) is 25.0. The predicted octanol–water partition coefficient (Wildman–Crippen LogP) is 6.16. The van der Waals surface area contributed by atoms with Gasteiger partial charge in [0, 0.05) is 12.0 Å². The summed E-state index contributed by atoms with van der Waals surface area (Å²) in [6.07, 6.45) is -1.60. The molecule has 0 aliphatic carbocycles. The molecule has 4 aromatic rings. The van der Waals surface area contributed by atoms with Gasteiger partial charge in [0.2, 0.25) is 6.23 Å². The minimum Gasteiger partial charge on any atom is -0.444 e. The summed E-state index contributed by atoms with van der Waals surface area (Å²) in [6, 6.07) is 33.3. The van der Waals surface area contributed by atoms with Crippen molar-refractivity contribution in [3.63, 3.8) is 0 Å². The first-order valence-corrected chi connectivity index (χ1v) is 11.6. The summed E-state index contributed by atoms with van der Waals surface area (Å²) in [7, 11) is 0. The predicted molar refractivity (Wildman–Crippen MR) is 132 cm³/mol. The van der Waals surface area contributed by atoms with Gasteiger partial charge in [-0.2, -0.15) is 0 Å². The van der Waals surface area contributed by atoms with Crippen LogP contribution in [-0.2, 0) is 32.8 Å². The second-order valence-corrected chi connectivity index (χ2v) is 8.61. The first-order valence-electron chi connectivity index (χ1n) is 11.6. The van der Waals surface area contributed by atoms with Gasteiger partial charge >= 0.3 is 12.1 Å². The molecule has 36 heavy (non-hydrogen) atoms. The second-order valence-electron chi connectivity index (χ2n) is 8.61. The van der Waals surface area contributed by atoms with Crippen LogP contribution < -0.4 is 0 Å². The lowest BCUT2D eigenvalue weighted by Crippen LogP contribution is -2.51. The lowest BCUT2D eigenvalue weighted by molar-refractivity contribution is -0.145. The maximum Gasteiger partial charge on any atom is 0.414 e. The number of carbonyl (C=O) groups excluding carboxylic acids is 2. The Kier molecular flexibility index (Phi) is 6.50. The fraction of sp³-hybridized carbons (Fsp3) is 0.133. The molecule has 4 aromatic carbocycles. The highest BCUT2D eigenvalue weighted by molar-refractivity contribution is 5.90. The summed E-state index contributed by atoms with van der Waals surface area (Å²) in [6.45, 7) is 0.0350. The molecular formula is C30H24FNO4. The number of halogens is 1. The van der Waals surface area contributed by atoms with Gasteiger partial charge in [-0.3, -0.25) is 0 Å². The standard InChI is InChI=1S/C30H24FNO4/c31-26-18-16-22(17-19-26)20-30(25-14-8-3-9-15-25)28(33)36-27(24-12-6-2-7-13-24)32(30)29(34)35-21-23-10-4-1-5-11-23/h1-19,27H,20-21H2. The summed E-state index contributed by atoms with van der Waals surface area (Å²) in [4.78, 5) is 29.0. The Labute approximate surface area is 208 Å². The van der Waals surface area contributed by atoms with Crippen LogP contribution in [0.25, 0.3) is 0 Å². The number of rotatable bonds is 6. The minimum atomic E-state index is -1.52. The van der Waals surface area contributed by atoms with E-state index in [0.717, 1.165) is 5.56 Å². The Morgan fingerprint density at radius 3 is 2.03 bits per heavy atom. The van der Waals surface area contributed by atoms with E-state index in [2.05, 4.69) is 0 Å². The molecule has 1 aliphatic heterocycles. The van der Waals surface area contributed by atoms with Gasteiger partial charge in [0.15, 0.2) is 5.54 Å². The summed E-state index contributed by atoms with van der Waals surface area (Å²) >= 11 is 0. The third-order valence-corrected chi connectivity index (χ3v) is 6.31. The minimum absolute atomic E-state index is 0.0350. The molecule has 180 valence electrons. The fourth-order valence-electron chi connectivity index (χ4n) is 4.55. The number of hydrogen-bond donors (Lipinski definition) is 0. The van der Waals surface area contributed by atoms with Gasteiger partial charge in [0.05, 0.1) is 0 Å². The largest absolute Gasteiger partial charge is 0.444 e. The highest BCUT2D eigenvalue weighted by atomic mass is 19.1. The van der Waals surface area contributed by atoms with Crippen LogP contribution in [0, 0.1) is 5.82 Å². The van der Waals surface area contributed by atoms with Crippen molar-refractivity contribution >= 4 is 12.1 Å². The topological polar surface area (TPSA) is 55.8 Å². The number of hydrogen-bond acceptors (Lipinski definition) is 4. The maximum absolute atomic E-state index is 13.8. The fourth-order valence-corrected chi connectivity index (χ4v) is 4.55. The second kappa shape index (κ2) is 10.0. The van der Waals surface area contributed by atoms with E-state index in [9.17, 15) is 14.0 Å². The zero-order valence-electron chi connectivity index (χ0n) is 19.4. The lowest BCUT2D eigenvalue weighted by Gasteiger charge is -2.36. The van der Waals surface area contributed by atoms with Crippen molar-refractivity contribution in [2.45, 2.75) is 24.8 Å². The van der Waals surface area contributed by atoms with Gasteiger partial charge < -0.3 is 9.47 Å². The Bertz CT molecular complexity index is 1330. The van der Waals surface area contributed by atoms with Crippen LogP contribution in [0.2, 0.25) is 0 Å². The van der Waals surface area contributed by atoms with Gasteiger partial charge in [-0.05, 0) is 28.8 Å². The number of ether oxygens (including phenoxy) is 2. The lowest BCUT2D eigenvalue weighted by atomic mass is 9.82. The molecule has 0 bridgehead atoms. The van der Waals surface area contributed by atoms with Crippen molar-refractivity contribution in [2.24, 2.45) is 0 Å². The SMILES string of the molecule is O=C(OCc1ccccc1)N1C(c2ccccc2)OC(=O)C1(Cc1ccc(F)cc1)c1ccccc1. The molecule has 0 N–H and O–H groups in total. The van der Waals surface area contributed by atoms with Crippen molar-refractivity contribution in [1.82, 2.24) is 4.90 Å². The Morgan fingerprint density at radius 2 is 1.39 bits per heavy atom. The molecule has 0 radical (unpaired) electrons. The third kappa shape index (κ3) is 4.45. The molecule has 1 amide bonds. The van der Waals surface area contributed by atoms with Crippen molar-refractivity contribution in [1.29, 1.82) is 0 Å². The molecule has 2 atom stereocenters. The van der Waals surface area contributed by atoms with Gasteiger partial charge in [-0.25, -0.2) is 18.9 Å². The number of nitrogens with zero attached hydrogens (tertiary/aromatic N) is 1. The van der Waals surface area contributed by atoms with Crippen LogP contribution in [0.15, 0.2) is 115 Å². The van der Waals surface area contributed by atoms with E-state index in [4.69, 9.17) is 9.47 Å². The number of esters is 1. The summed E-state index contributed by atoms with van der Waals surface area (Å²) < 4.78 is 25.3. The van der Waals surface area contributed by atoms with E-state index in [1.54, 1.807) is 48.5 Å². The van der Waals surface area contributed by atoms with Crippen LogP contribution in [0.1, 0.15) is 28.5 Å². The van der Waals surface area contributed by atoms with Gasteiger partial charge in [0.1, 0.15) is 12.4 Å². The molecule has 5 nitrogen and oxygen atoms in total. The molecule has 6 heteroatoms. The summed E-state index contributed by atoms with van der Waals surface area (Å²) in [5.74, 6) is -0.966. The van der Waals surface area contributed by atoms with E-state index < -0.39 is 23.8 Å². The van der Waals surface area contributed by atoms with Crippen LogP contribution in [0.3, 0.4) is 0 Å². The number of cyclic esters (lactones) is 1. The van der Waals surface area contributed by atoms with Crippen LogP contribution in [0.5, 0.6) is 0 Å². The number of amides is 1. The molecule has 5 rings (SSSR count). The molecule has 1 fully saturated rings. The average molecular weight is 482 g/mol.